The first kappa shape index (κ1) is 17.9. The molecule has 0 fully saturated rings. The van der Waals surface area contributed by atoms with Crippen LogP contribution in [-0.4, -0.2) is 31.3 Å². The summed E-state index contributed by atoms with van der Waals surface area (Å²) < 4.78 is 10.5. The normalized spacial score (nSPS) is 10.5. The summed E-state index contributed by atoms with van der Waals surface area (Å²) in [6, 6.07) is 11.1. The summed E-state index contributed by atoms with van der Waals surface area (Å²) in [4.78, 5) is 22.0. The number of carbonyl (C=O) groups is 1. The molecule has 8 heteroatoms. The highest BCUT2D eigenvalue weighted by molar-refractivity contribution is 5.86. The summed E-state index contributed by atoms with van der Waals surface area (Å²) in [6.45, 7) is 0. The molecular formula is C17H17N3O5. The lowest BCUT2D eigenvalue weighted by Crippen LogP contribution is -2.19. The Kier molecular flexibility index (Phi) is 6.05. The van der Waals surface area contributed by atoms with Crippen molar-refractivity contribution in [2.75, 3.05) is 14.2 Å². The van der Waals surface area contributed by atoms with E-state index >= 15 is 0 Å². The highest BCUT2D eigenvalue weighted by Crippen LogP contribution is 2.29. The van der Waals surface area contributed by atoms with Gasteiger partial charge in [-0.05, 0) is 17.7 Å². The van der Waals surface area contributed by atoms with Crippen molar-refractivity contribution in [1.82, 2.24) is 5.43 Å². The van der Waals surface area contributed by atoms with Crippen LogP contribution in [0.4, 0.5) is 5.69 Å². The Morgan fingerprint density at radius 2 is 1.92 bits per heavy atom. The Labute approximate surface area is 144 Å². The predicted octanol–water partition coefficient (Wildman–Crippen LogP) is 2.30. The Balaban J connectivity index is 1.98. The van der Waals surface area contributed by atoms with Gasteiger partial charge in [0.25, 0.3) is 5.69 Å². The Hall–Kier alpha value is -3.42. The van der Waals surface area contributed by atoms with Gasteiger partial charge in [0.1, 0.15) is 0 Å². The smallest absolute Gasteiger partial charge is 0.269 e. The largest absolute Gasteiger partial charge is 0.493 e. The fraction of sp³-hybridized carbons (Fsp3) is 0.176. The molecule has 8 nitrogen and oxygen atoms in total. The number of rotatable bonds is 7. The van der Waals surface area contributed by atoms with E-state index in [9.17, 15) is 14.9 Å². The molecular weight excluding hydrogens is 326 g/mol. The second-order valence-corrected chi connectivity index (χ2v) is 4.98. The molecule has 1 N–H and O–H groups in total. The number of nitro benzene ring substituents is 1. The molecule has 25 heavy (non-hydrogen) atoms. The fourth-order valence-corrected chi connectivity index (χ4v) is 2.15. The number of hydrogen-bond donors (Lipinski definition) is 1. The van der Waals surface area contributed by atoms with E-state index in [0.29, 0.717) is 22.6 Å². The second kappa shape index (κ2) is 8.44. The maximum absolute atomic E-state index is 11.9. The molecule has 0 unspecified atom stereocenters. The third-order valence-corrected chi connectivity index (χ3v) is 3.34. The lowest BCUT2D eigenvalue weighted by molar-refractivity contribution is -0.384. The molecule has 0 saturated carbocycles. The number of para-hydroxylation sites is 1. The van der Waals surface area contributed by atoms with Crippen molar-refractivity contribution >= 4 is 17.8 Å². The van der Waals surface area contributed by atoms with Crippen molar-refractivity contribution in [3.8, 4) is 11.5 Å². The number of amides is 1. The van der Waals surface area contributed by atoms with E-state index < -0.39 is 4.92 Å². The van der Waals surface area contributed by atoms with E-state index in [1.807, 2.05) is 0 Å². The maximum atomic E-state index is 11.9. The van der Waals surface area contributed by atoms with Crippen LogP contribution in [0.2, 0.25) is 0 Å². The molecule has 0 atom stereocenters. The molecule has 0 spiro atoms. The number of ether oxygens (including phenoxy) is 2. The van der Waals surface area contributed by atoms with Gasteiger partial charge in [0.2, 0.25) is 5.91 Å². The van der Waals surface area contributed by atoms with E-state index in [2.05, 4.69) is 10.5 Å². The van der Waals surface area contributed by atoms with Crippen LogP contribution < -0.4 is 14.9 Å². The number of methoxy groups -OCH3 is 2. The number of carbonyl (C=O) groups excluding carboxylic acids is 1. The molecule has 0 aliphatic carbocycles. The van der Waals surface area contributed by atoms with Crippen LogP contribution in [-0.2, 0) is 11.2 Å². The average Bonchev–Trinajstić information content (AvgIpc) is 2.61. The van der Waals surface area contributed by atoms with Gasteiger partial charge >= 0.3 is 0 Å². The molecule has 0 heterocycles. The minimum atomic E-state index is -0.490. The minimum Gasteiger partial charge on any atom is -0.493 e. The van der Waals surface area contributed by atoms with E-state index in [0.717, 1.165) is 0 Å². The lowest BCUT2D eigenvalue weighted by atomic mass is 10.1. The third-order valence-electron chi connectivity index (χ3n) is 3.34. The van der Waals surface area contributed by atoms with Gasteiger partial charge in [-0.1, -0.05) is 18.2 Å². The molecule has 2 aromatic rings. The second-order valence-electron chi connectivity index (χ2n) is 4.98. The fourth-order valence-electron chi connectivity index (χ4n) is 2.15. The van der Waals surface area contributed by atoms with E-state index in [1.165, 1.54) is 44.7 Å². The number of non-ortho nitro benzene ring substituents is 1. The van der Waals surface area contributed by atoms with E-state index in [4.69, 9.17) is 9.47 Å². The maximum Gasteiger partial charge on any atom is 0.269 e. The Morgan fingerprint density at radius 3 is 2.52 bits per heavy atom. The van der Waals surface area contributed by atoms with Crippen molar-refractivity contribution < 1.29 is 19.2 Å². The van der Waals surface area contributed by atoms with Gasteiger partial charge in [-0.3, -0.25) is 14.9 Å². The van der Waals surface area contributed by atoms with Crippen molar-refractivity contribution in [3.63, 3.8) is 0 Å². The molecule has 0 bridgehead atoms. The van der Waals surface area contributed by atoms with Crippen LogP contribution in [0.1, 0.15) is 11.1 Å². The molecule has 0 aliphatic heterocycles. The van der Waals surface area contributed by atoms with Crippen LogP contribution in [0.15, 0.2) is 47.6 Å². The highest BCUT2D eigenvalue weighted by atomic mass is 16.6. The van der Waals surface area contributed by atoms with Gasteiger partial charge in [0.05, 0.1) is 31.8 Å². The van der Waals surface area contributed by atoms with Gasteiger partial charge in [0, 0.05) is 17.7 Å². The number of benzene rings is 2. The standard InChI is InChI=1S/C17H17N3O5/c1-24-15-5-3-4-13(17(15)25-2)11-18-19-16(21)10-12-6-8-14(9-7-12)20(22)23/h3-9,11H,10H2,1-2H3,(H,19,21)/b18-11-. The monoisotopic (exact) mass is 343 g/mol. The summed E-state index contributed by atoms with van der Waals surface area (Å²) >= 11 is 0. The zero-order chi connectivity index (χ0) is 18.2. The van der Waals surface area contributed by atoms with E-state index in [1.54, 1.807) is 18.2 Å². The van der Waals surface area contributed by atoms with Crippen LogP contribution in [0.3, 0.4) is 0 Å². The lowest BCUT2D eigenvalue weighted by Gasteiger charge is -2.09. The molecule has 0 radical (unpaired) electrons. The number of hydrogen-bond acceptors (Lipinski definition) is 6. The summed E-state index contributed by atoms with van der Waals surface area (Å²) in [5.74, 6) is 0.731. The number of hydrazone groups is 1. The molecule has 2 aromatic carbocycles. The van der Waals surface area contributed by atoms with E-state index in [-0.39, 0.29) is 18.0 Å². The molecule has 130 valence electrons. The van der Waals surface area contributed by atoms with Crippen LogP contribution >= 0.6 is 0 Å². The summed E-state index contributed by atoms with van der Waals surface area (Å²) in [5, 5.41) is 14.5. The van der Waals surface area contributed by atoms with Crippen LogP contribution in [0.5, 0.6) is 11.5 Å². The Morgan fingerprint density at radius 1 is 1.20 bits per heavy atom. The van der Waals surface area contributed by atoms with Crippen molar-refractivity contribution in [2.45, 2.75) is 6.42 Å². The summed E-state index contributed by atoms with van der Waals surface area (Å²) in [5.41, 5.74) is 3.69. The first-order valence-corrected chi connectivity index (χ1v) is 7.31. The minimum absolute atomic E-state index is 0.0210. The van der Waals surface area contributed by atoms with Gasteiger partial charge in [-0.25, -0.2) is 5.43 Å². The molecule has 2 rings (SSSR count). The number of nitrogens with one attached hydrogen (secondary N) is 1. The zero-order valence-electron chi connectivity index (χ0n) is 13.8. The summed E-state index contributed by atoms with van der Waals surface area (Å²) in [6.07, 6.45) is 1.51. The van der Waals surface area contributed by atoms with Crippen molar-refractivity contribution in [2.24, 2.45) is 5.10 Å². The number of nitro groups is 1. The van der Waals surface area contributed by atoms with Gasteiger partial charge < -0.3 is 9.47 Å². The van der Waals surface area contributed by atoms with Crippen molar-refractivity contribution in [3.05, 3.63) is 63.7 Å². The Bertz CT molecular complexity index is 787. The van der Waals surface area contributed by atoms with Gasteiger partial charge in [-0.15, -0.1) is 0 Å². The average molecular weight is 343 g/mol. The van der Waals surface area contributed by atoms with Crippen LogP contribution in [0, 0.1) is 10.1 Å². The first-order valence-electron chi connectivity index (χ1n) is 7.31. The molecule has 0 aliphatic rings. The molecule has 0 saturated heterocycles. The SMILES string of the molecule is COc1cccc(/C=N\NC(=O)Cc2ccc([N+](=O)[O-])cc2)c1OC. The quantitative estimate of drug-likeness (QED) is 0.472. The van der Waals surface area contributed by atoms with Crippen LogP contribution in [0.25, 0.3) is 0 Å². The highest BCUT2D eigenvalue weighted by Gasteiger charge is 2.08. The first-order chi connectivity index (χ1) is 12.0. The molecule has 0 aromatic heterocycles. The predicted molar refractivity (Wildman–Crippen MR) is 92.1 cm³/mol. The number of nitrogens with zero attached hydrogens (tertiary/aromatic N) is 2. The molecule has 1 amide bonds. The third kappa shape index (κ3) is 4.77. The van der Waals surface area contributed by atoms with Crippen molar-refractivity contribution in [1.29, 1.82) is 0 Å². The van der Waals surface area contributed by atoms with Gasteiger partial charge in [0.15, 0.2) is 11.5 Å². The summed E-state index contributed by atoms with van der Waals surface area (Å²) in [7, 11) is 3.05. The van der Waals surface area contributed by atoms with Gasteiger partial charge in [-0.2, -0.15) is 5.10 Å². The topological polar surface area (TPSA) is 103 Å². The zero-order valence-corrected chi connectivity index (χ0v) is 13.8.